The fraction of sp³-hybridized carbons (Fsp3) is 0.562. The van der Waals surface area contributed by atoms with Crippen LogP contribution in [0.4, 0.5) is 0 Å². The van der Waals surface area contributed by atoms with Gasteiger partial charge in [-0.05, 0) is 39.0 Å². The van der Waals surface area contributed by atoms with Gasteiger partial charge in [0, 0.05) is 17.4 Å². The van der Waals surface area contributed by atoms with Crippen molar-refractivity contribution in [2.45, 2.75) is 39.0 Å². The van der Waals surface area contributed by atoms with E-state index < -0.39 is 0 Å². The first-order valence-corrected chi connectivity index (χ1v) is 8.38. The molecule has 21 heavy (non-hydrogen) atoms. The van der Waals surface area contributed by atoms with Crippen molar-refractivity contribution in [3.8, 4) is 5.75 Å². The van der Waals surface area contributed by atoms with Crippen LogP contribution in [0, 0.1) is 0 Å². The van der Waals surface area contributed by atoms with Crippen molar-refractivity contribution in [2.75, 3.05) is 18.5 Å². The second kappa shape index (κ2) is 7.27. The molecule has 1 aliphatic heterocycles. The van der Waals surface area contributed by atoms with Crippen LogP contribution in [0.15, 0.2) is 24.3 Å². The van der Waals surface area contributed by atoms with E-state index in [2.05, 4.69) is 15.9 Å². The van der Waals surface area contributed by atoms with Gasteiger partial charge in [-0.15, -0.1) is 0 Å². The maximum absolute atomic E-state index is 12.7. The summed E-state index contributed by atoms with van der Waals surface area (Å²) in [7, 11) is 0. The largest absolute Gasteiger partial charge is 0.491 e. The molecule has 0 N–H and O–H groups in total. The monoisotopic (exact) mass is 355 g/mol. The van der Waals surface area contributed by atoms with Gasteiger partial charge in [-0.2, -0.15) is 0 Å². The Morgan fingerprint density at radius 2 is 2.29 bits per heavy atom. The number of morpholine rings is 1. The van der Waals surface area contributed by atoms with Crippen LogP contribution < -0.4 is 4.74 Å². The van der Waals surface area contributed by atoms with Gasteiger partial charge in [-0.1, -0.05) is 22.0 Å². The van der Waals surface area contributed by atoms with Crippen molar-refractivity contribution in [3.63, 3.8) is 0 Å². The third kappa shape index (κ3) is 4.20. The minimum Gasteiger partial charge on any atom is -0.491 e. The van der Waals surface area contributed by atoms with Crippen molar-refractivity contribution in [1.82, 2.24) is 4.90 Å². The van der Waals surface area contributed by atoms with E-state index >= 15 is 0 Å². The van der Waals surface area contributed by atoms with Crippen LogP contribution >= 0.6 is 15.9 Å². The van der Waals surface area contributed by atoms with E-state index in [1.54, 1.807) is 0 Å². The lowest BCUT2D eigenvalue weighted by atomic mass is 10.1. The fourth-order valence-corrected chi connectivity index (χ4v) is 2.73. The minimum atomic E-state index is 0.0333. The predicted octanol–water partition coefficient (Wildman–Crippen LogP) is 3.10. The molecule has 1 fully saturated rings. The van der Waals surface area contributed by atoms with Crippen molar-refractivity contribution in [2.24, 2.45) is 0 Å². The molecular formula is C16H22BrNO3. The summed E-state index contributed by atoms with van der Waals surface area (Å²) in [5, 5.41) is 0.736. The first-order valence-electron chi connectivity index (χ1n) is 7.26. The molecule has 1 aromatic rings. The second-order valence-corrected chi connectivity index (χ2v) is 6.26. The molecule has 1 amide bonds. The lowest BCUT2D eigenvalue weighted by Crippen LogP contribution is -2.51. The summed E-state index contributed by atoms with van der Waals surface area (Å²) in [6.45, 7) is 7.14. The van der Waals surface area contributed by atoms with Crippen molar-refractivity contribution < 1.29 is 14.3 Å². The van der Waals surface area contributed by atoms with E-state index in [9.17, 15) is 4.79 Å². The summed E-state index contributed by atoms with van der Waals surface area (Å²) in [4.78, 5) is 14.6. The highest BCUT2D eigenvalue weighted by atomic mass is 79.9. The number of rotatable bonds is 4. The highest BCUT2D eigenvalue weighted by Crippen LogP contribution is 2.20. The quantitative estimate of drug-likeness (QED) is 0.779. The molecule has 0 saturated carbocycles. The molecule has 2 unspecified atom stereocenters. The SMILES string of the molecule is CC(C)Oc1cccc(C(=O)N2CC(CBr)OCC2C)c1. The number of hydrogen-bond donors (Lipinski definition) is 0. The van der Waals surface area contributed by atoms with E-state index in [-0.39, 0.29) is 24.2 Å². The van der Waals surface area contributed by atoms with E-state index in [1.165, 1.54) is 0 Å². The van der Waals surface area contributed by atoms with Crippen LogP contribution in [0.2, 0.25) is 0 Å². The Kier molecular flexibility index (Phi) is 5.65. The molecule has 1 aliphatic rings. The predicted molar refractivity (Wildman–Crippen MR) is 86.2 cm³/mol. The summed E-state index contributed by atoms with van der Waals surface area (Å²) in [6.07, 6.45) is 0.149. The maximum Gasteiger partial charge on any atom is 0.254 e. The van der Waals surface area contributed by atoms with Gasteiger partial charge in [0.05, 0.1) is 24.9 Å². The van der Waals surface area contributed by atoms with Gasteiger partial charge in [0.25, 0.3) is 5.91 Å². The molecule has 0 spiro atoms. The molecule has 0 radical (unpaired) electrons. The molecule has 1 heterocycles. The number of halogens is 1. The van der Waals surface area contributed by atoms with Gasteiger partial charge < -0.3 is 14.4 Å². The molecule has 0 aliphatic carbocycles. The van der Waals surface area contributed by atoms with Gasteiger partial charge in [-0.3, -0.25) is 4.79 Å². The molecule has 5 heteroatoms. The van der Waals surface area contributed by atoms with E-state index in [0.717, 1.165) is 11.1 Å². The summed E-state index contributed by atoms with van der Waals surface area (Å²) in [5.74, 6) is 0.764. The van der Waals surface area contributed by atoms with Gasteiger partial charge >= 0.3 is 0 Å². The average Bonchev–Trinajstić information content (AvgIpc) is 2.46. The topological polar surface area (TPSA) is 38.8 Å². The highest BCUT2D eigenvalue weighted by Gasteiger charge is 2.29. The molecule has 2 rings (SSSR count). The molecule has 4 nitrogen and oxygen atoms in total. The summed E-state index contributed by atoms with van der Waals surface area (Å²) >= 11 is 3.42. The number of carbonyl (C=O) groups excluding carboxylic acids is 1. The maximum atomic E-state index is 12.7. The Morgan fingerprint density at radius 1 is 1.52 bits per heavy atom. The number of alkyl halides is 1. The minimum absolute atomic E-state index is 0.0333. The fourth-order valence-electron chi connectivity index (χ4n) is 2.33. The lowest BCUT2D eigenvalue weighted by Gasteiger charge is -2.37. The van der Waals surface area contributed by atoms with Gasteiger partial charge in [0.2, 0.25) is 0 Å². The van der Waals surface area contributed by atoms with Crippen LogP contribution in [0.1, 0.15) is 31.1 Å². The third-order valence-electron chi connectivity index (χ3n) is 3.39. The Labute approximate surface area is 134 Å². The number of nitrogens with zero attached hydrogens (tertiary/aromatic N) is 1. The zero-order chi connectivity index (χ0) is 15.4. The zero-order valence-electron chi connectivity index (χ0n) is 12.7. The number of carbonyl (C=O) groups is 1. The second-order valence-electron chi connectivity index (χ2n) is 5.61. The number of amides is 1. The van der Waals surface area contributed by atoms with Crippen LogP contribution in [-0.4, -0.2) is 47.5 Å². The summed E-state index contributed by atoms with van der Waals surface area (Å²) < 4.78 is 11.3. The number of ether oxygens (including phenoxy) is 2. The first-order chi connectivity index (χ1) is 10.0. The van der Waals surface area contributed by atoms with Crippen LogP contribution in [0.3, 0.4) is 0 Å². The average molecular weight is 356 g/mol. The molecule has 116 valence electrons. The van der Waals surface area contributed by atoms with Crippen molar-refractivity contribution >= 4 is 21.8 Å². The Hall–Kier alpha value is -1.07. The Morgan fingerprint density at radius 3 is 2.95 bits per heavy atom. The van der Waals surface area contributed by atoms with E-state index in [0.29, 0.717) is 18.7 Å². The molecular weight excluding hydrogens is 334 g/mol. The standard InChI is InChI=1S/C16H22BrNO3/c1-11(2)21-14-6-4-5-13(7-14)16(19)18-9-15(8-17)20-10-12(18)3/h4-7,11-12,15H,8-10H2,1-3H3. The Balaban J connectivity index is 2.14. The van der Waals surface area contributed by atoms with Crippen molar-refractivity contribution in [1.29, 1.82) is 0 Å². The molecule has 0 aromatic heterocycles. The van der Waals surface area contributed by atoms with E-state index in [1.807, 2.05) is 49.9 Å². The molecule has 1 aromatic carbocycles. The van der Waals surface area contributed by atoms with Gasteiger partial charge in [0.1, 0.15) is 5.75 Å². The Bertz CT molecular complexity index is 492. The first kappa shape index (κ1) is 16.3. The van der Waals surface area contributed by atoms with E-state index in [4.69, 9.17) is 9.47 Å². The van der Waals surface area contributed by atoms with Crippen LogP contribution in [0.5, 0.6) is 5.75 Å². The van der Waals surface area contributed by atoms with Crippen LogP contribution in [0.25, 0.3) is 0 Å². The zero-order valence-corrected chi connectivity index (χ0v) is 14.3. The third-order valence-corrected chi connectivity index (χ3v) is 4.11. The highest BCUT2D eigenvalue weighted by molar-refractivity contribution is 9.09. The molecule has 0 bridgehead atoms. The van der Waals surface area contributed by atoms with Gasteiger partial charge in [-0.25, -0.2) is 0 Å². The normalized spacial score (nSPS) is 22.4. The smallest absolute Gasteiger partial charge is 0.254 e. The molecule has 1 saturated heterocycles. The summed E-state index contributed by atoms with van der Waals surface area (Å²) in [6, 6.07) is 7.47. The number of benzene rings is 1. The van der Waals surface area contributed by atoms with Crippen molar-refractivity contribution in [3.05, 3.63) is 29.8 Å². The number of hydrogen-bond acceptors (Lipinski definition) is 3. The van der Waals surface area contributed by atoms with Gasteiger partial charge in [0.15, 0.2) is 0 Å². The molecule has 2 atom stereocenters. The lowest BCUT2D eigenvalue weighted by molar-refractivity contribution is -0.0361. The summed E-state index contributed by atoms with van der Waals surface area (Å²) in [5.41, 5.74) is 0.662. The van der Waals surface area contributed by atoms with Crippen LogP contribution in [-0.2, 0) is 4.74 Å².